The van der Waals surface area contributed by atoms with E-state index in [0.717, 1.165) is 11.6 Å². The fraction of sp³-hybridized carbons (Fsp3) is 0.0500. The van der Waals surface area contributed by atoms with Gasteiger partial charge < -0.3 is 14.6 Å². The van der Waals surface area contributed by atoms with Crippen LogP contribution in [0.1, 0.15) is 17.0 Å². The molecule has 2 N–H and O–H groups in total. The lowest BCUT2D eigenvalue weighted by Gasteiger charge is -2.10. The van der Waals surface area contributed by atoms with E-state index in [9.17, 15) is 13.2 Å². The number of oxazole rings is 2. The van der Waals surface area contributed by atoms with Crippen molar-refractivity contribution in [2.45, 2.75) is 6.18 Å². The van der Waals surface area contributed by atoms with Crippen LogP contribution in [0.2, 0.25) is 0 Å². The number of halogens is 4. The maximum Gasteiger partial charge on any atom is 0.417 e. The van der Waals surface area contributed by atoms with Gasteiger partial charge >= 0.3 is 6.18 Å². The molecule has 1 aromatic carbocycles. The first-order chi connectivity index (χ1) is 14.3. The smallest absolute Gasteiger partial charge is 0.417 e. The van der Waals surface area contributed by atoms with E-state index in [-0.39, 0.29) is 28.9 Å². The number of benzene rings is 1. The van der Waals surface area contributed by atoms with Crippen LogP contribution in [0.4, 0.5) is 19.0 Å². The van der Waals surface area contributed by atoms with Gasteiger partial charge in [-0.1, -0.05) is 15.9 Å². The standard InChI is InChI=1S/C20H12BrF3N4O2/c21-12-3-4-13(14(7-12)20(22,23)24)19-28-10-16(30-19)15-9-27-18(29-15)6-2-11-1-5-17(25)26-8-11/h1-10H,(H2,25,26)/b6-2+. The van der Waals surface area contributed by atoms with E-state index in [1.807, 2.05) is 0 Å². The van der Waals surface area contributed by atoms with E-state index in [4.69, 9.17) is 14.6 Å². The molecule has 0 saturated heterocycles. The molecule has 0 amide bonds. The molecule has 3 heterocycles. The Labute approximate surface area is 176 Å². The number of anilines is 1. The second-order valence-corrected chi connectivity index (χ2v) is 7.05. The van der Waals surface area contributed by atoms with Crippen molar-refractivity contribution in [3.8, 4) is 23.0 Å². The Morgan fingerprint density at radius 3 is 2.40 bits per heavy atom. The number of rotatable bonds is 4. The minimum Gasteiger partial charge on any atom is -0.433 e. The average Bonchev–Trinajstić information content (AvgIpc) is 3.36. The summed E-state index contributed by atoms with van der Waals surface area (Å²) in [5.41, 5.74) is 5.30. The monoisotopic (exact) mass is 476 g/mol. The lowest BCUT2D eigenvalue weighted by molar-refractivity contribution is -0.137. The molecule has 0 unspecified atom stereocenters. The third-order valence-electron chi connectivity index (χ3n) is 4.02. The Balaban J connectivity index is 1.59. The van der Waals surface area contributed by atoms with Crippen LogP contribution >= 0.6 is 15.9 Å². The van der Waals surface area contributed by atoms with Crippen molar-refractivity contribution < 1.29 is 22.0 Å². The molecule has 30 heavy (non-hydrogen) atoms. The summed E-state index contributed by atoms with van der Waals surface area (Å²) in [6.07, 6.45) is 3.06. The van der Waals surface area contributed by atoms with Crippen molar-refractivity contribution in [1.82, 2.24) is 15.0 Å². The van der Waals surface area contributed by atoms with Gasteiger partial charge in [-0.25, -0.2) is 15.0 Å². The van der Waals surface area contributed by atoms with Gasteiger partial charge in [0.2, 0.25) is 11.8 Å². The summed E-state index contributed by atoms with van der Waals surface area (Å²) in [6, 6.07) is 7.19. The molecule has 0 atom stereocenters. The molecular formula is C20H12BrF3N4O2. The van der Waals surface area contributed by atoms with E-state index < -0.39 is 11.7 Å². The fourth-order valence-corrected chi connectivity index (χ4v) is 2.97. The van der Waals surface area contributed by atoms with Crippen molar-refractivity contribution in [1.29, 1.82) is 0 Å². The average molecular weight is 477 g/mol. The highest BCUT2D eigenvalue weighted by Gasteiger charge is 2.35. The lowest BCUT2D eigenvalue weighted by atomic mass is 10.1. The fourth-order valence-electron chi connectivity index (χ4n) is 2.61. The number of nitrogens with two attached hydrogens (primary N) is 1. The first kappa shape index (κ1) is 19.9. The largest absolute Gasteiger partial charge is 0.433 e. The topological polar surface area (TPSA) is 91.0 Å². The zero-order valence-electron chi connectivity index (χ0n) is 15.0. The van der Waals surface area contributed by atoms with Crippen molar-refractivity contribution >= 4 is 33.9 Å². The Hall–Kier alpha value is -3.40. The molecule has 0 spiro atoms. The highest BCUT2D eigenvalue weighted by Crippen LogP contribution is 2.39. The van der Waals surface area contributed by atoms with Crippen molar-refractivity contribution in [2.75, 3.05) is 5.73 Å². The van der Waals surface area contributed by atoms with E-state index in [1.165, 1.54) is 24.5 Å². The molecule has 0 aliphatic rings. The number of pyridine rings is 1. The lowest BCUT2D eigenvalue weighted by Crippen LogP contribution is -2.07. The molecule has 10 heteroatoms. The van der Waals surface area contributed by atoms with Crippen LogP contribution in [0, 0.1) is 0 Å². The summed E-state index contributed by atoms with van der Waals surface area (Å²) in [5, 5.41) is 0. The molecule has 0 radical (unpaired) electrons. The van der Waals surface area contributed by atoms with Gasteiger partial charge in [-0.05, 0) is 42.0 Å². The van der Waals surface area contributed by atoms with Gasteiger partial charge in [0, 0.05) is 22.3 Å². The highest BCUT2D eigenvalue weighted by atomic mass is 79.9. The van der Waals surface area contributed by atoms with E-state index in [2.05, 4.69) is 30.9 Å². The van der Waals surface area contributed by atoms with Crippen LogP contribution in [-0.4, -0.2) is 15.0 Å². The number of alkyl halides is 3. The first-order valence-corrected chi connectivity index (χ1v) is 9.27. The summed E-state index contributed by atoms with van der Waals surface area (Å²) in [4.78, 5) is 12.0. The van der Waals surface area contributed by atoms with Gasteiger partial charge in [0.25, 0.3) is 0 Å². The third-order valence-corrected chi connectivity index (χ3v) is 4.51. The molecule has 152 valence electrons. The maximum atomic E-state index is 13.4. The molecule has 0 bridgehead atoms. The number of nitrogen functional groups attached to an aromatic ring is 1. The van der Waals surface area contributed by atoms with Gasteiger partial charge in [-0.3, -0.25) is 0 Å². The number of hydrogen-bond acceptors (Lipinski definition) is 6. The normalized spacial score (nSPS) is 12.0. The summed E-state index contributed by atoms with van der Waals surface area (Å²) < 4.78 is 51.5. The summed E-state index contributed by atoms with van der Waals surface area (Å²) in [7, 11) is 0. The maximum absolute atomic E-state index is 13.4. The van der Waals surface area contributed by atoms with Gasteiger partial charge in [0.15, 0.2) is 11.5 Å². The molecule has 0 saturated carbocycles. The summed E-state index contributed by atoms with van der Waals surface area (Å²) in [6.45, 7) is 0. The van der Waals surface area contributed by atoms with Crippen LogP contribution in [0.15, 0.2) is 62.2 Å². The summed E-state index contributed by atoms with van der Waals surface area (Å²) in [5.74, 6) is 0.897. The molecule has 6 nitrogen and oxygen atoms in total. The molecule has 0 aliphatic heterocycles. The van der Waals surface area contributed by atoms with Crippen LogP contribution < -0.4 is 5.73 Å². The quantitative estimate of drug-likeness (QED) is 0.392. The minimum absolute atomic E-state index is 0.155. The van der Waals surface area contributed by atoms with E-state index in [0.29, 0.717) is 10.3 Å². The van der Waals surface area contributed by atoms with Crippen molar-refractivity contribution in [3.63, 3.8) is 0 Å². The van der Waals surface area contributed by atoms with Crippen molar-refractivity contribution in [3.05, 3.63) is 70.4 Å². The Morgan fingerprint density at radius 1 is 0.900 bits per heavy atom. The second kappa shape index (κ2) is 7.79. The minimum atomic E-state index is -4.56. The van der Waals surface area contributed by atoms with Gasteiger partial charge in [-0.15, -0.1) is 0 Å². The molecular weight excluding hydrogens is 465 g/mol. The van der Waals surface area contributed by atoms with Gasteiger partial charge in [-0.2, -0.15) is 13.2 Å². The van der Waals surface area contributed by atoms with Crippen LogP contribution in [0.3, 0.4) is 0 Å². The van der Waals surface area contributed by atoms with Crippen LogP contribution in [0.5, 0.6) is 0 Å². The Morgan fingerprint density at radius 2 is 1.67 bits per heavy atom. The Kier molecular flexibility index (Phi) is 5.17. The molecule has 4 aromatic rings. The predicted octanol–water partition coefficient (Wildman–Crippen LogP) is 5.93. The second-order valence-electron chi connectivity index (χ2n) is 6.13. The molecule has 3 aromatic heterocycles. The first-order valence-electron chi connectivity index (χ1n) is 8.48. The zero-order chi connectivity index (χ0) is 21.3. The third kappa shape index (κ3) is 4.28. The van der Waals surface area contributed by atoms with Crippen molar-refractivity contribution in [2.24, 2.45) is 0 Å². The number of aromatic nitrogens is 3. The van der Waals surface area contributed by atoms with E-state index in [1.54, 1.807) is 30.5 Å². The zero-order valence-corrected chi connectivity index (χ0v) is 16.6. The number of hydrogen-bond donors (Lipinski definition) is 1. The Bertz CT molecular complexity index is 1210. The van der Waals surface area contributed by atoms with E-state index >= 15 is 0 Å². The van der Waals surface area contributed by atoms with Crippen LogP contribution in [0.25, 0.3) is 35.1 Å². The van der Waals surface area contributed by atoms with Gasteiger partial charge in [0.1, 0.15) is 5.82 Å². The summed E-state index contributed by atoms with van der Waals surface area (Å²) >= 11 is 3.05. The van der Waals surface area contributed by atoms with Crippen LogP contribution in [-0.2, 0) is 6.18 Å². The number of nitrogens with zero attached hydrogens (tertiary/aromatic N) is 3. The highest BCUT2D eigenvalue weighted by molar-refractivity contribution is 9.10. The molecule has 0 fully saturated rings. The molecule has 4 rings (SSSR count). The van der Waals surface area contributed by atoms with Gasteiger partial charge in [0.05, 0.1) is 18.0 Å². The molecule has 0 aliphatic carbocycles. The SMILES string of the molecule is Nc1ccc(/C=C/c2ncc(-c3cnc(-c4ccc(Br)cc4C(F)(F)F)o3)o2)cn1. The predicted molar refractivity (Wildman–Crippen MR) is 108 cm³/mol.